The fraction of sp³-hybridized carbons (Fsp3) is 0.150. The van der Waals surface area contributed by atoms with Crippen LogP contribution in [0.2, 0.25) is 0 Å². The van der Waals surface area contributed by atoms with Gasteiger partial charge >= 0.3 is 6.03 Å². The van der Waals surface area contributed by atoms with Crippen molar-refractivity contribution in [2.45, 2.75) is 13.8 Å². The van der Waals surface area contributed by atoms with Crippen LogP contribution in [0.3, 0.4) is 0 Å². The number of hydrogen-bond donors (Lipinski definition) is 2. The average molecular weight is 391 g/mol. The van der Waals surface area contributed by atoms with Crippen LogP contribution in [0.15, 0.2) is 48.9 Å². The second kappa shape index (κ2) is 7.63. The Labute approximate surface area is 165 Å². The Kier molecular flexibility index (Phi) is 4.86. The first-order valence-electron chi connectivity index (χ1n) is 9.04. The predicted molar refractivity (Wildman–Crippen MR) is 107 cm³/mol. The van der Waals surface area contributed by atoms with E-state index in [-0.39, 0.29) is 11.7 Å². The molecule has 2 N–H and O–H groups in total. The number of carbonyl (C=O) groups excluding carboxylic acids is 1. The maximum atomic E-state index is 14.2. The molecule has 4 aromatic heterocycles. The summed E-state index contributed by atoms with van der Waals surface area (Å²) in [6.45, 7) is 4.10. The first-order chi connectivity index (χ1) is 14.1. The maximum Gasteiger partial charge on any atom is 0.342 e. The van der Waals surface area contributed by atoms with Gasteiger partial charge in [-0.05, 0) is 44.2 Å². The molecule has 0 fully saturated rings. The minimum absolute atomic E-state index is 0.181. The van der Waals surface area contributed by atoms with E-state index in [0.29, 0.717) is 40.3 Å². The molecule has 0 aliphatic heterocycles. The van der Waals surface area contributed by atoms with Gasteiger partial charge in [-0.3, -0.25) is 9.97 Å². The fourth-order valence-corrected chi connectivity index (χ4v) is 2.95. The van der Waals surface area contributed by atoms with Gasteiger partial charge in [-0.1, -0.05) is 0 Å². The summed E-state index contributed by atoms with van der Waals surface area (Å²) in [5.41, 5.74) is 3.68. The number of carbonyl (C=O) groups is 1. The van der Waals surface area contributed by atoms with Gasteiger partial charge in [-0.25, -0.2) is 14.2 Å². The Morgan fingerprint density at radius 3 is 2.83 bits per heavy atom. The van der Waals surface area contributed by atoms with Crippen LogP contribution in [0.25, 0.3) is 22.4 Å². The van der Waals surface area contributed by atoms with Crippen molar-refractivity contribution in [3.63, 3.8) is 0 Å². The van der Waals surface area contributed by atoms with Crippen LogP contribution in [-0.2, 0) is 0 Å². The van der Waals surface area contributed by atoms with Crippen LogP contribution in [0.1, 0.15) is 12.6 Å². The number of aromatic nitrogens is 5. The van der Waals surface area contributed by atoms with E-state index in [0.717, 1.165) is 0 Å². The second-order valence-electron chi connectivity index (χ2n) is 6.32. The second-order valence-corrected chi connectivity index (χ2v) is 6.32. The number of aryl methyl sites for hydroxylation is 1. The predicted octanol–water partition coefficient (Wildman–Crippen LogP) is 3.66. The molecule has 29 heavy (non-hydrogen) atoms. The normalized spacial score (nSPS) is 10.9. The third-order valence-electron chi connectivity index (χ3n) is 4.25. The Morgan fingerprint density at radius 2 is 2.00 bits per heavy atom. The number of nitrogens with zero attached hydrogens (tertiary/aromatic N) is 5. The van der Waals surface area contributed by atoms with Gasteiger partial charge < -0.3 is 10.6 Å². The molecule has 0 bridgehead atoms. The molecular weight excluding hydrogens is 373 g/mol. The molecule has 0 saturated carbocycles. The van der Waals surface area contributed by atoms with Crippen molar-refractivity contribution in [2.75, 3.05) is 11.9 Å². The van der Waals surface area contributed by atoms with E-state index >= 15 is 0 Å². The lowest BCUT2D eigenvalue weighted by Gasteiger charge is -2.11. The molecule has 4 aromatic rings. The van der Waals surface area contributed by atoms with Crippen molar-refractivity contribution in [2.24, 2.45) is 0 Å². The van der Waals surface area contributed by atoms with Crippen molar-refractivity contribution < 1.29 is 9.18 Å². The summed E-state index contributed by atoms with van der Waals surface area (Å²) >= 11 is 0. The molecule has 0 atom stereocenters. The molecule has 0 radical (unpaired) electrons. The maximum absolute atomic E-state index is 14.2. The van der Waals surface area contributed by atoms with E-state index in [9.17, 15) is 9.18 Å². The van der Waals surface area contributed by atoms with Gasteiger partial charge in [0.25, 0.3) is 0 Å². The molecule has 146 valence electrons. The molecule has 0 unspecified atom stereocenters. The van der Waals surface area contributed by atoms with Crippen LogP contribution >= 0.6 is 0 Å². The van der Waals surface area contributed by atoms with Crippen LogP contribution in [0.4, 0.5) is 20.6 Å². The van der Waals surface area contributed by atoms with Crippen LogP contribution in [-0.4, -0.2) is 37.3 Å². The number of rotatable bonds is 4. The standard InChI is InChI=1S/C20H18FN7O/c1-3-22-20(29)28-19-15(7-9-24-17(19)11-25-28)27-13-6-8-23-16(10-13)18-14(21)5-4-12(2)26-18/h4-11H,3H2,1-2H3,(H,22,29)(H,23,24,27). The Balaban J connectivity index is 1.73. The Morgan fingerprint density at radius 1 is 1.17 bits per heavy atom. The first-order valence-corrected chi connectivity index (χ1v) is 9.04. The van der Waals surface area contributed by atoms with Gasteiger partial charge in [0.1, 0.15) is 16.7 Å². The lowest BCUT2D eigenvalue weighted by molar-refractivity contribution is 0.241. The monoisotopic (exact) mass is 391 g/mol. The van der Waals surface area contributed by atoms with Gasteiger partial charge in [-0.15, -0.1) is 0 Å². The van der Waals surface area contributed by atoms with E-state index in [1.807, 2.05) is 6.92 Å². The molecule has 8 nitrogen and oxygen atoms in total. The molecule has 1 amide bonds. The molecule has 0 aliphatic carbocycles. The highest BCUT2D eigenvalue weighted by atomic mass is 19.1. The molecule has 4 heterocycles. The van der Waals surface area contributed by atoms with Crippen LogP contribution in [0.5, 0.6) is 0 Å². The summed E-state index contributed by atoms with van der Waals surface area (Å²) in [5, 5.41) is 10.1. The van der Waals surface area contributed by atoms with Gasteiger partial charge in [0.2, 0.25) is 0 Å². The molecule has 0 saturated heterocycles. The fourth-order valence-electron chi connectivity index (χ4n) is 2.95. The molecule has 4 rings (SSSR count). The minimum atomic E-state index is -0.444. The van der Waals surface area contributed by atoms with Crippen molar-refractivity contribution in [3.05, 3.63) is 60.4 Å². The number of amides is 1. The topological polar surface area (TPSA) is 97.6 Å². The molecule has 0 aliphatic rings. The summed E-state index contributed by atoms with van der Waals surface area (Å²) in [6, 6.07) is 7.82. The zero-order valence-corrected chi connectivity index (χ0v) is 15.8. The van der Waals surface area contributed by atoms with E-state index < -0.39 is 5.82 Å². The van der Waals surface area contributed by atoms with E-state index in [2.05, 4.69) is 30.7 Å². The quantitative estimate of drug-likeness (QED) is 0.551. The van der Waals surface area contributed by atoms with Crippen molar-refractivity contribution >= 4 is 28.4 Å². The van der Waals surface area contributed by atoms with Gasteiger partial charge in [0, 0.05) is 30.3 Å². The molecule has 9 heteroatoms. The summed E-state index contributed by atoms with van der Waals surface area (Å²) in [6.07, 6.45) is 4.72. The Hall–Kier alpha value is -3.88. The summed E-state index contributed by atoms with van der Waals surface area (Å²) in [7, 11) is 0. The third-order valence-corrected chi connectivity index (χ3v) is 4.25. The largest absolute Gasteiger partial charge is 0.354 e. The van der Waals surface area contributed by atoms with E-state index in [1.165, 1.54) is 16.9 Å². The third kappa shape index (κ3) is 3.62. The Bertz CT molecular complexity index is 1200. The van der Waals surface area contributed by atoms with Gasteiger partial charge in [-0.2, -0.15) is 9.78 Å². The van der Waals surface area contributed by atoms with E-state index in [1.54, 1.807) is 43.6 Å². The number of fused-ring (bicyclic) bond motifs is 1. The molecule has 0 aromatic carbocycles. The lowest BCUT2D eigenvalue weighted by Crippen LogP contribution is -2.29. The zero-order valence-electron chi connectivity index (χ0n) is 15.8. The summed E-state index contributed by atoms with van der Waals surface area (Å²) < 4.78 is 15.5. The van der Waals surface area contributed by atoms with Gasteiger partial charge in [0.15, 0.2) is 5.82 Å². The van der Waals surface area contributed by atoms with Crippen molar-refractivity contribution in [3.8, 4) is 11.4 Å². The van der Waals surface area contributed by atoms with Gasteiger partial charge in [0.05, 0.1) is 17.6 Å². The number of halogens is 1. The molecular formula is C20H18FN7O. The number of anilines is 2. The number of hydrogen-bond acceptors (Lipinski definition) is 6. The van der Waals surface area contributed by atoms with Crippen molar-refractivity contribution in [1.29, 1.82) is 0 Å². The van der Waals surface area contributed by atoms with Crippen LogP contribution < -0.4 is 10.6 Å². The number of nitrogens with one attached hydrogen (secondary N) is 2. The smallest absolute Gasteiger partial charge is 0.342 e. The molecule has 0 spiro atoms. The number of pyridine rings is 3. The van der Waals surface area contributed by atoms with Crippen molar-refractivity contribution in [1.82, 2.24) is 30.0 Å². The highest BCUT2D eigenvalue weighted by Gasteiger charge is 2.15. The SMILES string of the molecule is CCNC(=O)n1ncc2nccc(Nc3ccnc(-c4nc(C)ccc4F)c3)c21. The minimum Gasteiger partial charge on any atom is -0.354 e. The highest BCUT2D eigenvalue weighted by Crippen LogP contribution is 2.27. The lowest BCUT2D eigenvalue weighted by atomic mass is 10.2. The first kappa shape index (κ1) is 18.5. The van der Waals surface area contributed by atoms with Crippen LogP contribution in [0, 0.1) is 12.7 Å². The average Bonchev–Trinajstić information content (AvgIpc) is 3.16. The van der Waals surface area contributed by atoms with E-state index in [4.69, 9.17) is 0 Å². The summed E-state index contributed by atoms with van der Waals surface area (Å²) in [5.74, 6) is -0.444. The highest BCUT2D eigenvalue weighted by molar-refractivity contribution is 5.96. The zero-order chi connectivity index (χ0) is 20.4. The summed E-state index contributed by atoms with van der Waals surface area (Å²) in [4.78, 5) is 25.1.